The Labute approximate surface area is 200 Å². The lowest BCUT2D eigenvalue weighted by Crippen LogP contribution is -2.51. The number of aliphatic hydroxyl groups is 1. The van der Waals surface area contributed by atoms with Crippen LogP contribution in [0.5, 0.6) is 0 Å². The highest BCUT2D eigenvalue weighted by Gasteiger charge is 2.30. The van der Waals surface area contributed by atoms with Crippen LogP contribution in [0.1, 0.15) is 38.2 Å². The summed E-state index contributed by atoms with van der Waals surface area (Å²) in [4.78, 5) is 6.97. The second-order valence-electron chi connectivity index (χ2n) is 7.99. The van der Waals surface area contributed by atoms with E-state index in [1.807, 2.05) is 6.92 Å². The van der Waals surface area contributed by atoms with Gasteiger partial charge < -0.3 is 20.5 Å². The van der Waals surface area contributed by atoms with E-state index in [-0.39, 0.29) is 35.8 Å². The number of nitrogens with zero attached hydrogens (tertiary/aromatic N) is 2. The summed E-state index contributed by atoms with van der Waals surface area (Å²) in [6.45, 7) is 6.87. The van der Waals surface area contributed by atoms with E-state index in [0.29, 0.717) is 44.2 Å². The normalized spacial score (nSPS) is 22.3. The third kappa shape index (κ3) is 7.78. The molecule has 170 valence electrons. The molecule has 0 aromatic heterocycles. The van der Waals surface area contributed by atoms with Crippen LogP contribution >= 0.6 is 35.6 Å². The molecule has 1 unspecified atom stereocenters. The minimum atomic E-state index is -0.779. The lowest BCUT2D eigenvalue weighted by Gasteiger charge is -2.34. The van der Waals surface area contributed by atoms with Gasteiger partial charge in [-0.15, -0.1) is 24.0 Å². The molecule has 9 heteroatoms. The summed E-state index contributed by atoms with van der Waals surface area (Å²) >= 11 is 6.19. The molecule has 6 nitrogen and oxygen atoms in total. The van der Waals surface area contributed by atoms with Gasteiger partial charge in [0.15, 0.2) is 5.96 Å². The van der Waals surface area contributed by atoms with Crippen LogP contribution in [0.4, 0.5) is 4.39 Å². The molecule has 0 saturated carbocycles. The van der Waals surface area contributed by atoms with Crippen molar-refractivity contribution in [1.82, 2.24) is 15.5 Å². The number of rotatable bonds is 6. The Morgan fingerprint density at radius 1 is 1.40 bits per heavy atom. The number of hydrogen-bond donors (Lipinski definition) is 3. The van der Waals surface area contributed by atoms with E-state index >= 15 is 0 Å². The predicted octanol–water partition coefficient (Wildman–Crippen LogP) is 3.16. The predicted molar refractivity (Wildman–Crippen MR) is 129 cm³/mol. The Morgan fingerprint density at radius 2 is 2.17 bits per heavy atom. The highest BCUT2D eigenvalue weighted by molar-refractivity contribution is 14.0. The van der Waals surface area contributed by atoms with E-state index in [4.69, 9.17) is 16.3 Å². The van der Waals surface area contributed by atoms with Crippen molar-refractivity contribution in [2.45, 2.75) is 50.8 Å². The molecule has 2 saturated heterocycles. The Hall–Kier alpha value is -0.680. The van der Waals surface area contributed by atoms with Gasteiger partial charge in [0, 0.05) is 56.8 Å². The van der Waals surface area contributed by atoms with Crippen LogP contribution in [0.25, 0.3) is 0 Å². The van der Waals surface area contributed by atoms with Crippen molar-refractivity contribution in [2.24, 2.45) is 4.99 Å². The van der Waals surface area contributed by atoms with Crippen molar-refractivity contribution in [1.29, 1.82) is 0 Å². The second-order valence-corrected chi connectivity index (χ2v) is 8.39. The van der Waals surface area contributed by atoms with E-state index in [0.717, 1.165) is 44.0 Å². The van der Waals surface area contributed by atoms with Gasteiger partial charge in [0.25, 0.3) is 0 Å². The van der Waals surface area contributed by atoms with Crippen LogP contribution in [0, 0.1) is 5.82 Å². The molecule has 1 aromatic rings. The topological polar surface area (TPSA) is 69.1 Å². The zero-order valence-electron chi connectivity index (χ0n) is 17.5. The molecule has 30 heavy (non-hydrogen) atoms. The third-order valence-corrected chi connectivity index (χ3v) is 5.91. The molecule has 2 heterocycles. The number of halogens is 3. The molecule has 0 bridgehead atoms. The SMILES string of the molecule is CCNC(=NCC1(O)CCOCC1)NC1CCCN(Cc2ccc(F)cc2Cl)C1.I. The fourth-order valence-electron chi connectivity index (χ4n) is 3.86. The molecule has 0 radical (unpaired) electrons. The summed E-state index contributed by atoms with van der Waals surface area (Å²) in [6, 6.07) is 4.84. The average molecular weight is 555 g/mol. The van der Waals surface area contributed by atoms with Gasteiger partial charge in [-0.25, -0.2) is 4.39 Å². The molecule has 2 fully saturated rings. The van der Waals surface area contributed by atoms with Crippen molar-refractivity contribution in [3.8, 4) is 0 Å². The number of piperidine rings is 1. The summed E-state index contributed by atoms with van der Waals surface area (Å²) in [6.07, 6.45) is 3.35. The van der Waals surface area contributed by atoms with E-state index < -0.39 is 5.60 Å². The number of aliphatic imine (C=N–C) groups is 1. The van der Waals surface area contributed by atoms with Gasteiger partial charge in [-0.05, 0) is 44.0 Å². The number of hydrogen-bond acceptors (Lipinski definition) is 4. The molecule has 0 aliphatic carbocycles. The first-order valence-corrected chi connectivity index (χ1v) is 10.9. The maximum Gasteiger partial charge on any atom is 0.191 e. The third-order valence-electron chi connectivity index (χ3n) is 5.55. The van der Waals surface area contributed by atoms with Crippen molar-refractivity contribution < 1.29 is 14.2 Å². The minimum absolute atomic E-state index is 0. The fraction of sp³-hybridized carbons (Fsp3) is 0.667. The Kier molecular flexibility index (Phi) is 10.6. The molecule has 3 N–H and O–H groups in total. The molecule has 2 aliphatic rings. The van der Waals surface area contributed by atoms with Gasteiger partial charge in [-0.2, -0.15) is 0 Å². The standard InChI is InChI=1S/C21H32ClFN4O2.HI/c1-2-24-20(25-15-21(28)7-10-29-11-8-21)26-18-4-3-9-27(14-18)13-16-5-6-17(23)12-19(16)22;/h5-6,12,18,28H,2-4,7-11,13-15H2,1H3,(H2,24,25,26);1H. The highest BCUT2D eigenvalue weighted by atomic mass is 127. The zero-order valence-corrected chi connectivity index (χ0v) is 20.6. The van der Waals surface area contributed by atoms with Crippen molar-refractivity contribution >= 4 is 41.5 Å². The zero-order chi connectivity index (χ0) is 20.7. The van der Waals surface area contributed by atoms with Gasteiger partial charge >= 0.3 is 0 Å². The quantitative estimate of drug-likeness (QED) is 0.286. The smallest absolute Gasteiger partial charge is 0.191 e. The average Bonchev–Trinajstić information content (AvgIpc) is 2.70. The number of nitrogens with one attached hydrogen (secondary N) is 2. The van der Waals surface area contributed by atoms with Crippen LogP contribution in [0.3, 0.4) is 0 Å². The lowest BCUT2D eigenvalue weighted by atomic mass is 9.95. The van der Waals surface area contributed by atoms with Crippen LogP contribution in [-0.2, 0) is 11.3 Å². The monoisotopic (exact) mass is 554 g/mol. The molecule has 3 rings (SSSR count). The Balaban J connectivity index is 0.00000320. The van der Waals surface area contributed by atoms with Gasteiger partial charge in [-0.3, -0.25) is 9.89 Å². The molecule has 1 atom stereocenters. The van der Waals surface area contributed by atoms with Crippen LogP contribution in [0.2, 0.25) is 5.02 Å². The molecule has 2 aliphatic heterocycles. The summed E-state index contributed by atoms with van der Waals surface area (Å²) < 4.78 is 18.6. The minimum Gasteiger partial charge on any atom is -0.388 e. The van der Waals surface area contributed by atoms with Gasteiger partial charge in [0.1, 0.15) is 5.82 Å². The van der Waals surface area contributed by atoms with Crippen LogP contribution in [-0.4, -0.2) is 67.0 Å². The maximum absolute atomic E-state index is 13.3. The summed E-state index contributed by atoms with van der Waals surface area (Å²) in [5.74, 6) is 0.425. The summed E-state index contributed by atoms with van der Waals surface area (Å²) in [5.41, 5.74) is 0.162. The number of likely N-dealkylation sites (tertiary alicyclic amines) is 1. The fourth-order valence-corrected chi connectivity index (χ4v) is 4.08. The second kappa shape index (κ2) is 12.4. The van der Waals surface area contributed by atoms with Gasteiger partial charge in [0.05, 0.1) is 12.1 Å². The molecular weight excluding hydrogens is 522 g/mol. The lowest BCUT2D eigenvalue weighted by molar-refractivity contribution is -0.0566. The van der Waals surface area contributed by atoms with Crippen molar-refractivity contribution in [2.75, 3.05) is 39.4 Å². The number of benzene rings is 1. The summed E-state index contributed by atoms with van der Waals surface area (Å²) in [5, 5.41) is 17.9. The Morgan fingerprint density at radius 3 is 2.87 bits per heavy atom. The Bertz CT molecular complexity index is 704. The largest absolute Gasteiger partial charge is 0.388 e. The first kappa shape index (κ1) is 25.6. The van der Waals surface area contributed by atoms with E-state index in [9.17, 15) is 9.50 Å². The van der Waals surface area contributed by atoms with E-state index in [1.54, 1.807) is 6.07 Å². The van der Waals surface area contributed by atoms with Crippen molar-refractivity contribution in [3.63, 3.8) is 0 Å². The molecule has 0 spiro atoms. The van der Waals surface area contributed by atoms with E-state index in [1.165, 1.54) is 12.1 Å². The van der Waals surface area contributed by atoms with Gasteiger partial charge in [0.2, 0.25) is 0 Å². The number of guanidine groups is 1. The number of ether oxygens (including phenoxy) is 1. The molecule has 0 amide bonds. The molecular formula is C21H33ClFIN4O2. The van der Waals surface area contributed by atoms with Gasteiger partial charge in [-0.1, -0.05) is 17.7 Å². The first-order chi connectivity index (χ1) is 14.0. The van der Waals surface area contributed by atoms with Crippen LogP contribution < -0.4 is 10.6 Å². The maximum atomic E-state index is 13.3. The molecule has 1 aromatic carbocycles. The highest BCUT2D eigenvalue weighted by Crippen LogP contribution is 2.22. The van der Waals surface area contributed by atoms with E-state index in [2.05, 4.69) is 20.5 Å². The van der Waals surface area contributed by atoms with Crippen LogP contribution in [0.15, 0.2) is 23.2 Å². The van der Waals surface area contributed by atoms with Crippen molar-refractivity contribution in [3.05, 3.63) is 34.6 Å². The first-order valence-electron chi connectivity index (χ1n) is 10.5. The summed E-state index contributed by atoms with van der Waals surface area (Å²) in [7, 11) is 0.